The van der Waals surface area contributed by atoms with Gasteiger partial charge in [-0.3, -0.25) is 18.6 Å². The van der Waals surface area contributed by atoms with Crippen molar-refractivity contribution in [2.75, 3.05) is 19.6 Å². The standard InChI is InChI=1S/C34H33F3N6O4/c1-3-22-17-42(33(46)40-19-34(35,36)37)18-26(22)28-15-38-29-16-39-31-27(43(28)29)12-13-41(31)20-47-32(45)21(2)24-10-7-11-25(14-24)30(44)23-8-5-4-6-9-23/h4-16,21-22,26H,3,17-20H2,1-2H3,(H,40,46)/t21?,22-,26+/m1/s1. The van der Waals surface area contributed by atoms with E-state index in [1.807, 2.05) is 28.8 Å². The third-order valence-electron chi connectivity index (χ3n) is 8.73. The maximum Gasteiger partial charge on any atom is 0.405 e. The third-order valence-corrected chi connectivity index (χ3v) is 8.73. The van der Waals surface area contributed by atoms with Crippen LogP contribution in [0.2, 0.25) is 0 Å². The first-order chi connectivity index (χ1) is 22.5. The Morgan fingerprint density at radius 1 is 1.00 bits per heavy atom. The van der Waals surface area contributed by atoms with Crippen molar-refractivity contribution in [1.82, 2.24) is 29.2 Å². The van der Waals surface area contributed by atoms with Gasteiger partial charge in [-0.1, -0.05) is 61.9 Å². The van der Waals surface area contributed by atoms with Gasteiger partial charge in [0.25, 0.3) is 0 Å². The molecule has 2 aromatic carbocycles. The zero-order valence-corrected chi connectivity index (χ0v) is 25.8. The van der Waals surface area contributed by atoms with Gasteiger partial charge in [0.2, 0.25) is 0 Å². The second-order valence-corrected chi connectivity index (χ2v) is 11.7. The molecule has 1 fully saturated rings. The Bertz CT molecular complexity index is 1940. The molecule has 3 atom stereocenters. The topological polar surface area (TPSA) is 111 Å². The molecule has 13 heteroatoms. The van der Waals surface area contributed by atoms with Gasteiger partial charge in [-0.05, 0) is 30.5 Å². The van der Waals surface area contributed by atoms with E-state index in [9.17, 15) is 27.6 Å². The van der Waals surface area contributed by atoms with Crippen LogP contribution < -0.4 is 5.32 Å². The summed E-state index contributed by atoms with van der Waals surface area (Å²) in [5.74, 6) is -1.39. The van der Waals surface area contributed by atoms with Crippen LogP contribution in [-0.2, 0) is 16.3 Å². The lowest BCUT2D eigenvalue weighted by molar-refractivity contribution is -0.148. The predicted octanol–water partition coefficient (Wildman–Crippen LogP) is 5.92. The van der Waals surface area contributed by atoms with Gasteiger partial charge >= 0.3 is 18.2 Å². The summed E-state index contributed by atoms with van der Waals surface area (Å²) < 4.78 is 47.4. The Morgan fingerprint density at radius 3 is 2.51 bits per heavy atom. The Balaban J connectivity index is 1.18. The number of alkyl halides is 3. The number of rotatable bonds is 9. The average molecular weight is 647 g/mol. The van der Waals surface area contributed by atoms with E-state index in [0.717, 1.165) is 5.69 Å². The number of nitrogens with zero attached hydrogens (tertiary/aromatic N) is 5. The first kappa shape index (κ1) is 31.8. The summed E-state index contributed by atoms with van der Waals surface area (Å²) in [5, 5.41) is 1.97. The van der Waals surface area contributed by atoms with Crippen LogP contribution in [0.3, 0.4) is 0 Å². The molecule has 0 bridgehead atoms. The van der Waals surface area contributed by atoms with E-state index < -0.39 is 30.6 Å². The van der Waals surface area contributed by atoms with E-state index in [0.29, 0.717) is 46.5 Å². The number of urea groups is 1. The maximum absolute atomic E-state index is 13.1. The number of fused-ring (bicyclic) bond motifs is 3. The van der Waals surface area contributed by atoms with Crippen LogP contribution in [0, 0.1) is 5.92 Å². The van der Waals surface area contributed by atoms with Gasteiger partial charge in [-0.2, -0.15) is 13.2 Å². The molecule has 1 N–H and O–H groups in total. The Hall–Kier alpha value is -5.20. The highest BCUT2D eigenvalue weighted by molar-refractivity contribution is 6.09. The van der Waals surface area contributed by atoms with Crippen molar-refractivity contribution in [3.8, 4) is 0 Å². The lowest BCUT2D eigenvalue weighted by atomic mass is 9.91. The van der Waals surface area contributed by atoms with Crippen LogP contribution in [0.1, 0.15) is 59.3 Å². The van der Waals surface area contributed by atoms with Gasteiger partial charge in [0, 0.05) is 48.2 Å². The summed E-state index contributed by atoms with van der Waals surface area (Å²) in [7, 11) is 0. The van der Waals surface area contributed by atoms with E-state index in [1.54, 1.807) is 78.6 Å². The molecule has 4 heterocycles. The van der Waals surface area contributed by atoms with E-state index in [2.05, 4.69) is 9.97 Å². The fraction of sp³-hybridized carbons (Fsp3) is 0.324. The number of likely N-dealkylation sites (tertiary alicyclic amines) is 1. The van der Waals surface area contributed by atoms with Crippen molar-refractivity contribution in [2.24, 2.45) is 5.92 Å². The molecule has 0 spiro atoms. The summed E-state index contributed by atoms with van der Waals surface area (Å²) in [6, 6.07) is 17.0. The molecule has 1 aliphatic rings. The second-order valence-electron chi connectivity index (χ2n) is 11.7. The van der Waals surface area contributed by atoms with Gasteiger partial charge in [-0.25, -0.2) is 14.8 Å². The molecule has 2 amide bonds. The van der Waals surface area contributed by atoms with Crippen LogP contribution in [0.5, 0.6) is 0 Å². The minimum atomic E-state index is -4.49. The van der Waals surface area contributed by atoms with Crippen molar-refractivity contribution < 1.29 is 32.3 Å². The number of carbonyl (C=O) groups is 3. The van der Waals surface area contributed by atoms with E-state index in [4.69, 9.17) is 4.74 Å². The molecule has 5 aromatic rings. The van der Waals surface area contributed by atoms with Crippen LogP contribution in [0.4, 0.5) is 18.0 Å². The van der Waals surface area contributed by atoms with Crippen LogP contribution >= 0.6 is 0 Å². The van der Waals surface area contributed by atoms with Crippen LogP contribution in [-0.4, -0.2) is 67.4 Å². The number of carbonyl (C=O) groups excluding carboxylic acids is 3. The molecule has 0 aliphatic carbocycles. The van der Waals surface area contributed by atoms with E-state index >= 15 is 0 Å². The highest BCUT2D eigenvalue weighted by Gasteiger charge is 2.38. The lowest BCUT2D eigenvalue weighted by Crippen LogP contribution is -2.42. The average Bonchev–Trinajstić information content (AvgIpc) is 3.82. The summed E-state index contributed by atoms with van der Waals surface area (Å²) in [6.45, 7) is 2.78. The smallest absolute Gasteiger partial charge is 0.405 e. The number of ether oxygens (including phenoxy) is 1. The maximum atomic E-state index is 13.1. The fourth-order valence-corrected chi connectivity index (χ4v) is 6.16. The molecule has 0 radical (unpaired) electrons. The SMILES string of the molecule is CC[C@@H]1CN(C(=O)NCC(F)(F)F)C[C@@H]1c1cnc2cnc3c(ccn3COC(=O)C(C)c3cccc(C(=O)c4ccccc4)c3)n12. The number of nitrogens with one attached hydrogen (secondary N) is 1. The zero-order chi connectivity index (χ0) is 33.3. The number of hydrogen-bond donors (Lipinski definition) is 1. The largest absolute Gasteiger partial charge is 0.443 e. The number of aromatic nitrogens is 4. The van der Waals surface area contributed by atoms with Gasteiger partial charge in [0.05, 0.1) is 17.6 Å². The molecule has 10 nitrogen and oxygen atoms in total. The molecular weight excluding hydrogens is 613 g/mol. The normalized spacial score (nSPS) is 17.3. The van der Waals surface area contributed by atoms with E-state index in [-0.39, 0.29) is 30.9 Å². The first-order valence-corrected chi connectivity index (χ1v) is 15.3. The molecule has 1 unspecified atom stereocenters. The van der Waals surface area contributed by atoms with Crippen molar-refractivity contribution in [2.45, 2.75) is 45.0 Å². The van der Waals surface area contributed by atoms with Crippen molar-refractivity contribution in [1.29, 1.82) is 0 Å². The lowest BCUT2D eigenvalue weighted by Gasteiger charge is -2.18. The molecule has 0 saturated carbocycles. The monoisotopic (exact) mass is 646 g/mol. The highest BCUT2D eigenvalue weighted by Crippen LogP contribution is 2.36. The number of imidazole rings is 1. The molecule has 244 valence electrons. The van der Waals surface area contributed by atoms with Crippen molar-refractivity contribution >= 4 is 34.6 Å². The van der Waals surface area contributed by atoms with Crippen molar-refractivity contribution in [3.05, 3.63) is 102 Å². The van der Waals surface area contributed by atoms with Gasteiger partial charge < -0.3 is 15.0 Å². The van der Waals surface area contributed by atoms with Crippen LogP contribution in [0.15, 0.2) is 79.3 Å². The first-order valence-electron chi connectivity index (χ1n) is 15.3. The molecule has 3 aromatic heterocycles. The summed E-state index contributed by atoms with van der Waals surface area (Å²) in [5.41, 5.74) is 4.34. The molecule has 47 heavy (non-hydrogen) atoms. The Morgan fingerprint density at radius 2 is 1.77 bits per heavy atom. The predicted molar refractivity (Wildman–Crippen MR) is 167 cm³/mol. The summed E-state index contributed by atoms with van der Waals surface area (Å²) in [6.07, 6.45) is 1.30. The zero-order valence-electron chi connectivity index (χ0n) is 25.8. The summed E-state index contributed by atoms with van der Waals surface area (Å²) >= 11 is 0. The Kier molecular flexibility index (Phi) is 8.71. The molecule has 1 aliphatic heterocycles. The molecular formula is C34H33F3N6O4. The molecule has 6 rings (SSSR count). The quantitative estimate of drug-likeness (QED) is 0.157. The van der Waals surface area contributed by atoms with E-state index in [1.165, 1.54) is 4.90 Å². The van der Waals surface area contributed by atoms with Crippen molar-refractivity contribution in [3.63, 3.8) is 0 Å². The Labute approximate surface area is 268 Å². The number of benzene rings is 2. The number of halogens is 3. The van der Waals surface area contributed by atoms with Gasteiger partial charge in [0.15, 0.2) is 23.8 Å². The van der Waals surface area contributed by atoms with Gasteiger partial charge in [-0.15, -0.1) is 0 Å². The number of ketones is 1. The van der Waals surface area contributed by atoms with Gasteiger partial charge in [0.1, 0.15) is 6.54 Å². The van der Waals surface area contributed by atoms with Crippen LogP contribution in [0.25, 0.3) is 16.8 Å². The number of amides is 2. The minimum Gasteiger partial charge on any atom is -0.443 e. The fourth-order valence-electron chi connectivity index (χ4n) is 6.16. The second kappa shape index (κ2) is 12.9. The third kappa shape index (κ3) is 6.56. The summed E-state index contributed by atoms with van der Waals surface area (Å²) in [4.78, 5) is 49.1. The number of esters is 1. The highest BCUT2D eigenvalue weighted by atomic mass is 19.4. The molecule has 1 saturated heterocycles. The number of hydrogen-bond acceptors (Lipinski definition) is 6. The minimum absolute atomic E-state index is 0.0146.